The van der Waals surface area contributed by atoms with Crippen LogP contribution < -0.4 is 5.32 Å². The molecule has 0 aliphatic rings. The van der Waals surface area contributed by atoms with Gasteiger partial charge in [0.1, 0.15) is 6.61 Å². The molecule has 0 aliphatic carbocycles. The third kappa shape index (κ3) is 4.32. The molecule has 0 saturated heterocycles. The van der Waals surface area contributed by atoms with Gasteiger partial charge in [0, 0.05) is 10.2 Å². The summed E-state index contributed by atoms with van der Waals surface area (Å²) in [6, 6.07) is 13.8. The third-order valence-electron chi connectivity index (χ3n) is 2.66. The number of carboxylic acids is 1. The molecule has 108 valence electrons. The largest absolute Gasteiger partial charge is 0.478 e. The first-order valence-electron chi connectivity index (χ1n) is 6.07. The van der Waals surface area contributed by atoms with Crippen molar-refractivity contribution in [2.75, 3.05) is 5.32 Å². The van der Waals surface area contributed by atoms with E-state index in [1.54, 1.807) is 12.1 Å². The number of carboxylic acid groups (broad SMARTS) is 1. The Morgan fingerprint density at radius 2 is 1.86 bits per heavy atom. The molecule has 2 rings (SSSR count). The predicted molar refractivity (Wildman–Crippen MR) is 81.4 cm³/mol. The molecule has 0 unspecified atom stereocenters. The van der Waals surface area contributed by atoms with Gasteiger partial charge in [-0.3, -0.25) is 5.32 Å². The highest BCUT2D eigenvalue weighted by Crippen LogP contribution is 2.21. The quantitative estimate of drug-likeness (QED) is 0.877. The Bertz CT molecular complexity index is 658. The number of hydrogen-bond acceptors (Lipinski definition) is 3. The first kappa shape index (κ1) is 15.1. The van der Waals surface area contributed by atoms with E-state index in [0.717, 1.165) is 5.56 Å². The minimum Gasteiger partial charge on any atom is -0.478 e. The molecule has 5 nitrogen and oxygen atoms in total. The Morgan fingerprint density at radius 3 is 2.52 bits per heavy atom. The van der Waals surface area contributed by atoms with Gasteiger partial charge in [-0.1, -0.05) is 30.3 Å². The molecular weight excluding hydrogens is 338 g/mol. The van der Waals surface area contributed by atoms with Crippen molar-refractivity contribution in [3.05, 3.63) is 64.1 Å². The Morgan fingerprint density at radius 1 is 1.14 bits per heavy atom. The monoisotopic (exact) mass is 349 g/mol. The van der Waals surface area contributed by atoms with Crippen LogP contribution >= 0.6 is 15.9 Å². The summed E-state index contributed by atoms with van der Waals surface area (Å²) in [7, 11) is 0. The predicted octanol–water partition coefficient (Wildman–Crippen LogP) is 3.90. The highest BCUT2D eigenvalue weighted by Gasteiger charge is 2.11. The second-order valence-corrected chi connectivity index (χ2v) is 5.04. The maximum atomic E-state index is 11.7. The van der Waals surface area contributed by atoms with Crippen molar-refractivity contribution < 1.29 is 19.4 Å². The van der Waals surface area contributed by atoms with Crippen LogP contribution in [0.4, 0.5) is 10.5 Å². The molecule has 2 aromatic carbocycles. The summed E-state index contributed by atoms with van der Waals surface area (Å²) >= 11 is 3.13. The maximum absolute atomic E-state index is 11.7. The van der Waals surface area contributed by atoms with Crippen molar-refractivity contribution in [3.63, 3.8) is 0 Å². The van der Waals surface area contributed by atoms with E-state index in [1.165, 1.54) is 6.07 Å². The smallest absolute Gasteiger partial charge is 0.411 e. The lowest BCUT2D eigenvalue weighted by Crippen LogP contribution is -2.14. The van der Waals surface area contributed by atoms with Gasteiger partial charge in [-0.15, -0.1) is 0 Å². The van der Waals surface area contributed by atoms with Crippen LogP contribution in [0.25, 0.3) is 0 Å². The lowest BCUT2D eigenvalue weighted by atomic mass is 10.2. The maximum Gasteiger partial charge on any atom is 0.411 e. The molecule has 0 aromatic heterocycles. The highest BCUT2D eigenvalue weighted by atomic mass is 79.9. The van der Waals surface area contributed by atoms with Gasteiger partial charge < -0.3 is 9.84 Å². The van der Waals surface area contributed by atoms with Crippen molar-refractivity contribution in [2.24, 2.45) is 0 Å². The second-order valence-electron chi connectivity index (χ2n) is 4.19. The summed E-state index contributed by atoms with van der Waals surface area (Å²) in [5.41, 5.74) is 1.29. The summed E-state index contributed by atoms with van der Waals surface area (Å²) in [4.78, 5) is 22.7. The van der Waals surface area contributed by atoms with Crippen LogP contribution in [-0.4, -0.2) is 17.2 Å². The number of amides is 1. The summed E-state index contributed by atoms with van der Waals surface area (Å²) < 4.78 is 5.50. The number of aromatic carboxylic acids is 1. The van der Waals surface area contributed by atoms with Crippen LogP contribution in [-0.2, 0) is 11.3 Å². The van der Waals surface area contributed by atoms with E-state index >= 15 is 0 Å². The number of nitrogens with one attached hydrogen (secondary N) is 1. The molecule has 0 fully saturated rings. The molecular formula is C15H12BrNO4. The van der Waals surface area contributed by atoms with Crippen molar-refractivity contribution in [1.29, 1.82) is 0 Å². The Kier molecular flexibility index (Phi) is 4.94. The molecule has 1 amide bonds. The number of benzene rings is 2. The molecule has 2 N–H and O–H groups in total. The summed E-state index contributed by atoms with van der Waals surface area (Å²) in [5, 5.41) is 11.5. The van der Waals surface area contributed by atoms with E-state index in [9.17, 15) is 9.59 Å². The number of carbonyl (C=O) groups is 2. The first-order chi connectivity index (χ1) is 10.1. The van der Waals surface area contributed by atoms with Gasteiger partial charge in [0.25, 0.3) is 0 Å². The molecule has 0 atom stereocenters. The number of carbonyl (C=O) groups excluding carboxylic acids is 1. The van der Waals surface area contributed by atoms with Crippen molar-refractivity contribution in [1.82, 2.24) is 0 Å². The Balaban J connectivity index is 1.97. The molecule has 0 heterocycles. The number of anilines is 1. The van der Waals surface area contributed by atoms with Gasteiger partial charge in [-0.2, -0.15) is 0 Å². The summed E-state index contributed by atoms with van der Waals surface area (Å²) in [6.45, 7) is 0.148. The lowest BCUT2D eigenvalue weighted by Gasteiger charge is -2.08. The zero-order valence-corrected chi connectivity index (χ0v) is 12.5. The van der Waals surface area contributed by atoms with Gasteiger partial charge in [-0.05, 0) is 39.7 Å². The van der Waals surface area contributed by atoms with Gasteiger partial charge in [0.2, 0.25) is 0 Å². The molecule has 6 heteroatoms. The van der Waals surface area contributed by atoms with Gasteiger partial charge >= 0.3 is 12.1 Å². The average molecular weight is 350 g/mol. The Hall–Kier alpha value is -2.34. The van der Waals surface area contributed by atoms with Crippen LogP contribution in [0.1, 0.15) is 15.9 Å². The van der Waals surface area contributed by atoms with E-state index in [4.69, 9.17) is 9.84 Å². The standard InChI is InChI=1S/C15H12BrNO4/c16-13-7-6-11(8-12(13)14(18)19)17-15(20)21-9-10-4-2-1-3-5-10/h1-8H,9H2,(H,17,20)(H,18,19). The molecule has 0 bridgehead atoms. The van der Waals surface area contributed by atoms with Gasteiger partial charge in [-0.25, -0.2) is 9.59 Å². The van der Waals surface area contributed by atoms with Crippen molar-refractivity contribution in [2.45, 2.75) is 6.61 Å². The minimum absolute atomic E-state index is 0.0656. The summed E-state index contributed by atoms with van der Waals surface area (Å²) in [6.07, 6.45) is -0.641. The molecule has 0 aliphatic heterocycles. The SMILES string of the molecule is O=C(Nc1ccc(Br)c(C(=O)O)c1)OCc1ccccc1. The van der Waals surface area contributed by atoms with Gasteiger partial charge in [0.05, 0.1) is 5.56 Å². The van der Waals surface area contributed by atoms with Crippen LogP contribution in [0.5, 0.6) is 0 Å². The normalized spacial score (nSPS) is 9.95. The van der Waals surface area contributed by atoms with E-state index in [2.05, 4.69) is 21.2 Å². The second kappa shape index (κ2) is 6.90. The molecule has 0 saturated carbocycles. The number of halogens is 1. The van der Waals surface area contributed by atoms with E-state index < -0.39 is 12.1 Å². The van der Waals surface area contributed by atoms with E-state index in [0.29, 0.717) is 10.2 Å². The first-order valence-corrected chi connectivity index (χ1v) is 6.86. The van der Waals surface area contributed by atoms with Crippen molar-refractivity contribution >= 4 is 33.7 Å². The average Bonchev–Trinajstić information content (AvgIpc) is 2.48. The topological polar surface area (TPSA) is 75.6 Å². The van der Waals surface area contributed by atoms with Gasteiger partial charge in [0.15, 0.2) is 0 Å². The number of ether oxygens (including phenoxy) is 1. The lowest BCUT2D eigenvalue weighted by molar-refractivity contribution is 0.0695. The van der Waals surface area contributed by atoms with Crippen molar-refractivity contribution in [3.8, 4) is 0 Å². The Labute approximate surface area is 129 Å². The van der Waals surface area contributed by atoms with E-state index in [-0.39, 0.29) is 12.2 Å². The number of hydrogen-bond donors (Lipinski definition) is 2. The van der Waals surface area contributed by atoms with Crippen LogP contribution in [0.3, 0.4) is 0 Å². The molecule has 21 heavy (non-hydrogen) atoms. The fourth-order valence-electron chi connectivity index (χ4n) is 1.64. The third-order valence-corrected chi connectivity index (χ3v) is 3.35. The van der Waals surface area contributed by atoms with Crippen LogP contribution in [0.15, 0.2) is 53.0 Å². The zero-order valence-electron chi connectivity index (χ0n) is 10.9. The van der Waals surface area contributed by atoms with Crippen LogP contribution in [0.2, 0.25) is 0 Å². The fourth-order valence-corrected chi connectivity index (χ4v) is 2.06. The summed E-state index contributed by atoms with van der Waals surface area (Å²) in [5.74, 6) is -1.08. The van der Waals surface area contributed by atoms with Crippen LogP contribution in [0, 0.1) is 0 Å². The molecule has 0 spiro atoms. The molecule has 2 aromatic rings. The minimum atomic E-state index is -1.08. The van der Waals surface area contributed by atoms with E-state index in [1.807, 2.05) is 30.3 Å². The highest BCUT2D eigenvalue weighted by molar-refractivity contribution is 9.10. The fraction of sp³-hybridized carbons (Fsp3) is 0.0667. The number of rotatable bonds is 4. The zero-order chi connectivity index (χ0) is 15.2. The molecule has 0 radical (unpaired) electrons.